The molecule has 0 aliphatic carbocycles. The van der Waals surface area contributed by atoms with Crippen molar-refractivity contribution in [2.45, 2.75) is 25.6 Å². The summed E-state index contributed by atoms with van der Waals surface area (Å²) in [5.41, 5.74) is -0.190. The van der Waals surface area contributed by atoms with Crippen molar-refractivity contribution in [1.29, 1.82) is 0 Å². The van der Waals surface area contributed by atoms with Gasteiger partial charge in [-0.25, -0.2) is 4.79 Å². The van der Waals surface area contributed by atoms with Crippen LogP contribution in [0.1, 0.15) is 19.4 Å². The number of alkyl halides is 3. The lowest BCUT2D eigenvalue weighted by molar-refractivity contribution is -0.274. The highest BCUT2D eigenvalue weighted by Crippen LogP contribution is 2.29. The molecule has 0 aliphatic heterocycles. The van der Waals surface area contributed by atoms with Crippen molar-refractivity contribution in [3.8, 4) is 11.5 Å². The summed E-state index contributed by atoms with van der Waals surface area (Å²) in [6.45, 7) is 2.72. The topological polar surface area (TPSA) is 84.9 Å². The summed E-state index contributed by atoms with van der Waals surface area (Å²) in [5, 5.41) is 11.3. The van der Waals surface area contributed by atoms with Gasteiger partial charge in [0.05, 0.1) is 5.41 Å². The molecule has 6 nitrogen and oxygen atoms in total. The van der Waals surface area contributed by atoms with Crippen LogP contribution in [0, 0.1) is 0 Å². The summed E-state index contributed by atoms with van der Waals surface area (Å²) in [6.07, 6.45) is -4.79. The van der Waals surface area contributed by atoms with Crippen LogP contribution in [0.15, 0.2) is 48.5 Å². The van der Waals surface area contributed by atoms with Crippen LogP contribution in [0.3, 0.4) is 0 Å². The van der Waals surface area contributed by atoms with Crippen LogP contribution >= 0.6 is 0 Å². The van der Waals surface area contributed by atoms with Crippen molar-refractivity contribution in [2.75, 3.05) is 11.9 Å². The number of carbonyl (C=O) groups is 2. The number of rotatable bonds is 7. The van der Waals surface area contributed by atoms with Crippen molar-refractivity contribution >= 4 is 17.6 Å². The van der Waals surface area contributed by atoms with Crippen LogP contribution in [0.2, 0.25) is 0 Å². The fourth-order valence-electron chi connectivity index (χ4n) is 2.30. The van der Waals surface area contributed by atoms with Gasteiger partial charge in [0.15, 0.2) is 6.61 Å². The Bertz CT molecular complexity index is 847. The molecule has 0 unspecified atom stereocenters. The van der Waals surface area contributed by atoms with E-state index in [-0.39, 0.29) is 11.5 Å². The van der Waals surface area contributed by atoms with Crippen LogP contribution in [-0.4, -0.2) is 30.0 Å². The number of hydrogen-bond donors (Lipinski definition) is 2. The van der Waals surface area contributed by atoms with Gasteiger partial charge in [-0.05, 0) is 43.7 Å². The molecule has 0 atom stereocenters. The third-order valence-corrected chi connectivity index (χ3v) is 3.83. The first-order valence-electron chi connectivity index (χ1n) is 8.10. The molecule has 0 fully saturated rings. The fraction of sp³-hybridized carbons (Fsp3) is 0.263. The second kappa shape index (κ2) is 8.20. The Hall–Kier alpha value is -3.23. The minimum Gasteiger partial charge on any atom is -0.482 e. The summed E-state index contributed by atoms with van der Waals surface area (Å²) in [4.78, 5) is 23.2. The van der Waals surface area contributed by atoms with Crippen LogP contribution in [0.5, 0.6) is 11.5 Å². The Balaban J connectivity index is 2.10. The summed E-state index contributed by atoms with van der Waals surface area (Å²) in [5.74, 6) is -1.65. The van der Waals surface area contributed by atoms with Crippen molar-refractivity contribution < 1.29 is 37.3 Å². The molecule has 0 aliphatic rings. The van der Waals surface area contributed by atoms with Gasteiger partial charge in [-0.15, -0.1) is 13.2 Å². The zero-order chi connectivity index (χ0) is 20.9. The van der Waals surface area contributed by atoms with Crippen LogP contribution in [0.4, 0.5) is 18.9 Å². The van der Waals surface area contributed by atoms with E-state index >= 15 is 0 Å². The normalized spacial score (nSPS) is 11.6. The van der Waals surface area contributed by atoms with Gasteiger partial charge in [0.1, 0.15) is 11.5 Å². The number of amides is 1. The molecule has 28 heavy (non-hydrogen) atoms. The summed E-state index contributed by atoms with van der Waals surface area (Å²) < 4.78 is 45.6. The van der Waals surface area contributed by atoms with Crippen molar-refractivity contribution in [2.24, 2.45) is 0 Å². The van der Waals surface area contributed by atoms with Crippen LogP contribution in [-0.2, 0) is 15.0 Å². The zero-order valence-electron chi connectivity index (χ0n) is 15.0. The fourth-order valence-corrected chi connectivity index (χ4v) is 2.30. The standard InChI is InChI=1S/C19H18F3NO5/c1-18(2,12-6-8-14(9-7-12)28-19(20,21)22)17(26)23-13-4-3-5-15(10-13)27-11-16(24)25/h3-10H,11H2,1-2H3,(H,23,26)(H,24,25). The van der Waals surface area contributed by atoms with E-state index in [2.05, 4.69) is 10.1 Å². The van der Waals surface area contributed by atoms with Gasteiger partial charge in [0.2, 0.25) is 5.91 Å². The lowest BCUT2D eigenvalue weighted by Crippen LogP contribution is -2.34. The third kappa shape index (κ3) is 5.90. The van der Waals surface area contributed by atoms with Crippen molar-refractivity contribution in [3.05, 3.63) is 54.1 Å². The first-order valence-corrected chi connectivity index (χ1v) is 8.10. The van der Waals surface area contributed by atoms with Crippen LogP contribution < -0.4 is 14.8 Å². The molecule has 2 aromatic carbocycles. The molecule has 0 saturated heterocycles. The second-order valence-corrected chi connectivity index (χ2v) is 6.36. The monoisotopic (exact) mass is 397 g/mol. The maximum absolute atomic E-state index is 12.7. The quantitative estimate of drug-likeness (QED) is 0.739. The maximum Gasteiger partial charge on any atom is 0.573 e. The SMILES string of the molecule is CC(C)(C(=O)Nc1cccc(OCC(=O)O)c1)c1ccc(OC(F)(F)F)cc1. The second-order valence-electron chi connectivity index (χ2n) is 6.36. The van der Waals surface area contributed by atoms with Gasteiger partial charge in [-0.2, -0.15) is 0 Å². The average molecular weight is 397 g/mol. The minimum atomic E-state index is -4.79. The number of carbonyl (C=O) groups excluding carboxylic acids is 1. The van der Waals surface area contributed by atoms with Gasteiger partial charge in [0, 0.05) is 11.8 Å². The lowest BCUT2D eigenvalue weighted by atomic mass is 9.83. The highest BCUT2D eigenvalue weighted by atomic mass is 19.4. The van der Waals surface area contributed by atoms with Gasteiger partial charge < -0.3 is 19.9 Å². The summed E-state index contributed by atoms with van der Waals surface area (Å²) in [6, 6.07) is 11.2. The highest BCUT2D eigenvalue weighted by Gasteiger charge is 2.32. The lowest BCUT2D eigenvalue weighted by Gasteiger charge is -2.24. The number of halogens is 3. The Morgan fingerprint density at radius 1 is 1.04 bits per heavy atom. The maximum atomic E-state index is 12.7. The largest absolute Gasteiger partial charge is 0.573 e. The Labute approximate surface area is 158 Å². The van der Waals surface area contributed by atoms with Gasteiger partial charge in [0.25, 0.3) is 0 Å². The van der Waals surface area contributed by atoms with E-state index in [1.54, 1.807) is 32.0 Å². The van der Waals surface area contributed by atoms with Crippen molar-refractivity contribution in [3.63, 3.8) is 0 Å². The van der Waals surface area contributed by atoms with Gasteiger partial charge in [-0.1, -0.05) is 18.2 Å². The number of carboxylic acids is 1. The first kappa shape index (κ1) is 21.1. The summed E-state index contributed by atoms with van der Waals surface area (Å²) in [7, 11) is 0. The average Bonchev–Trinajstić information content (AvgIpc) is 2.59. The number of nitrogens with one attached hydrogen (secondary N) is 1. The van der Waals surface area contributed by atoms with E-state index in [1.165, 1.54) is 18.2 Å². The zero-order valence-corrected chi connectivity index (χ0v) is 15.0. The van der Waals surface area contributed by atoms with Gasteiger partial charge >= 0.3 is 12.3 Å². The summed E-state index contributed by atoms with van der Waals surface area (Å²) >= 11 is 0. The molecule has 0 heterocycles. The molecule has 0 aromatic heterocycles. The number of anilines is 1. The number of benzene rings is 2. The van der Waals surface area contributed by atoms with E-state index < -0.39 is 30.3 Å². The smallest absolute Gasteiger partial charge is 0.482 e. The van der Waals surface area contributed by atoms with Crippen molar-refractivity contribution in [1.82, 2.24) is 0 Å². The molecule has 0 radical (unpaired) electrons. The molecule has 2 rings (SSSR count). The Kier molecular flexibility index (Phi) is 6.17. The van der Waals surface area contributed by atoms with E-state index in [9.17, 15) is 22.8 Å². The van der Waals surface area contributed by atoms with E-state index in [4.69, 9.17) is 9.84 Å². The molecule has 150 valence electrons. The Morgan fingerprint density at radius 3 is 2.25 bits per heavy atom. The number of ether oxygens (including phenoxy) is 2. The predicted octanol–water partition coefficient (Wildman–Crippen LogP) is 3.96. The molecular formula is C19H18F3NO5. The van der Waals surface area contributed by atoms with E-state index in [1.807, 2.05) is 0 Å². The number of carboxylic acid groups (broad SMARTS) is 1. The highest BCUT2D eigenvalue weighted by molar-refractivity contribution is 5.98. The third-order valence-electron chi connectivity index (χ3n) is 3.83. The minimum absolute atomic E-state index is 0.270. The van der Waals surface area contributed by atoms with Gasteiger partial charge in [-0.3, -0.25) is 4.79 Å². The van der Waals surface area contributed by atoms with E-state index in [0.29, 0.717) is 11.3 Å². The molecule has 2 N–H and O–H groups in total. The predicted molar refractivity (Wildman–Crippen MR) is 94.4 cm³/mol. The molecule has 0 spiro atoms. The molecule has 1 amide bonds. The molecule has 9 heteroatoms. The molecule has 0 bridgehead atoms. The first-order chi connectivity index (χ1) is 13.0. The van der Waals surface area contributed by atoms with Crippen LogP contribution in [0.25, 0.3) is 0 Å². The molecular weight excluding hydrogens is 379 g/mol. The van der Waals surface area contributed by atoms with E-state index in [0.717, 1.165) is 12.1 Å². The molecule has 2 aromatic rings. The number of hydrogen-bond acceptors (Lipinski definition) is 4. The molecule has 0 saturated carbocycles. The Morgan fingerprint density at radius 2 is 1.68 bits per heavy atom. The number of aliphatic carboxylic acids is 1.